The fourth-order valence-corrected chi connectivity index (χ4v) is 1.48. The van der Waals surface area contributed by atoms with Crippen LogP contribution in [0.15, 0.2) is 24.3 Å². The largest absolute Gasteiger partial charge is 0.384 e. The predicted molar refractivity (Wildman–Crippen MR) is 57.7 cm³/mol. The molecule has 0 fully saturated rings. The van der Waals surface area contributed by atoms with E-state index in [9.17, 15) is 12.8 Å². The van der Waals surface area contributed by atoms with Gasteiger partial charge in [0.1, 0.15) is 5.82 Å². The first-order chi connectivity index (χ1) is 6.97. The minimum Gasteiger partial charge on any atom is -0.384 e. The number of halogens is 1. The van der Waals surface area contributed by atoms with Gasteiger partial charge in [0.15, 0.2) is 0 Å². The lowest BCUT2D eigenvalue weighted by molar-refractivity contribution is 0.589. The van der Waals surface area contributed by atoms with Crippen LogP contribution in [0.25, 0.3) is 0 Å². The van der Waals surface area contributed by atoms with Gasteiger partial charge >= 0.3 is 0 Å². The van der Waals surface area contributed by atoms with Crippen LogP contribution < -0.4 is 10.0 Å². The van der Waals surface area contributed by atoms with Crippen LogP contribution >= 0.6 is 0 Å². The van der Waals surface area contributed by atoms with Gasteiger partial charge in [0.25, 0.3) is 0 Å². The van der Waals surface area contributed by atoms with Crippen molar-refractivity contribution in [2.75, 3.05) is 24.7 Å². The van der Waals surface area contributed by atoms with Gasteiger partial charge in [0, 0.05) is 18.8 Å². The fourth-order valence-electron chi connectivity index (χ4n) is 1.01. The van der Waals surface area contributed by atoms with Crippen molar-refractivity contribution in [3.8, 4) is 0 Å². The molecule has 1 aromatic rings. The number of hydrogen-bond donors (Lipinski definition) is 2. The van der Waals surface area contributed by atoms with Gasteiger partial charge in [-0.25, -0.2) is 17.5 Å². The van der Waals surface area contributed by atoms with Gasteiger partial charge in [0.2, 0.25) is 10.0 Å². The van der Waals surface area contributed by atoms with Gasteiger partial charge in [-0.3, -0.25) is 0 Å². The molecule has 0 aliphatic carbocycles. The lowest BCUT2D eigenvalue weighted by Crippen LogP contribution is -2.27. The highest BCUT2D eigenvalue weighted by Gasteiger charge is 1.98. The highest BCUT2D eigenvalue weighted by molar-refractivity contribution is 7.88. The van der Waals surface area contributed by atoms with Crippen LogP contribution in [-0.4, -0.2) is 27.8 Å². The van der Waals surface area contributed by atoms with Gasteiger partial charge in [-0.2, -0.15) is 0 Å². The van der Waals surface area contributed by atoms with Crippen LogP contribution in [0.4, 0.5) is 10.1 Å². The number of nitrogens with one attached hydrogen (secondary N) is 2. The molecule has 0 atom stereocenters. The van der Waals surface area contributed by atoms with E-state index < -0.39 is 10.0 Å². The van der Waals surface area contributed by atoms with Crippen molar-refractivity contribution in [3.05, 3.63) is 30.1 Å². The third kappa shape index (κ3) is 5.34. The summed E-state index contributed by atoms with van der Waals surface area (Å²) >= 11 is 0. The van der Waals surface area contributed by atoms with Gasteiger partial charge < -0.3 is 5.32 Å². The number of sulfonamides is 1. The predicted octanol–water partition coefficient (Wildman–Crippen LogP) is 0.787. The van der Waals surface area contributed by atoms with E-state index >= 15 is 0 Å². The zero-order valence-corrected chi connectivity index (χ0v) is 9.14. The molecule has 0 aromatic heterocycles. The van der Waals surface area contributed by atoms with Crippen molar-refractivity contribution in [2.24, 2.45) is 0 Å². The minimum absolute atomic E-state index is 0.296. The minimum atomic E-state index is -3.14. The summed E-state index contributed by atoms with van der Waals surface area (Å²) in [7, 11) is -3.14. The van der Waals surface area contributed by atoms with Gasteiger partial charge in [-0.1, -0.05) is 0 Å². The maximum Gasteiger partial charge on any atom is 0.208 e. The monoisotopic (exact) mass is 232 g/mol. The van der Waals surface area contributed by atoms with Crippen molar-refractivity contribution in [2.45, 2.75) is 0 Å². The van der Waals surface area contributed by atoms with Gasteiger partial charge in [-0.15, -0.1) is 0 Å². The van der Waals surface area contributed by atoms with Crippen LogP contribution in [0.5, 0.6) is 0 Å². The smallest absolute Gasteiger partial charge is 0.208 e. The maximum atomic E-state index is 12.5. The van der Waals surface area contributed by atoms with Crippen molar-refractivity contribution in [3.63, 3.8) is 0 Å². The molecular formula is C9H13FN2O2S. The second-order valence-corrected chi connectivity index (χ2v) is 4.93. The Hall–Kier alpha value is -1.14. The van der Waals surface area contributed by atoms with Crippen LogP contribution in [0, 0.1) is 5.82 Å². The Balaban J connectivity index is 2.29. The Morgan fingerprint density at radius 1 is 1.20 bits per heavy atom. The molecule has 0 aliphatic rings. The summed E-state index contributed by atoms with van der Waals surface area (Å²) in [6, 6.07) is 5.87. The standard InChI is InChI=1S/C9H13FN2O2S/c1-15(13,14)12-7-6-11-9-4-2-8(10)3-5-9/h2-5,11-12H,6-7H2,1H3. The molecule has 0 spiro atoms. The van der Waals surface area contributed by atoms with Crippen LogP contribution in [0.2, 0.25) is 0 Å². The average molecular weight is 232 g/mol. The molecule has 0 amide bonds. The van der Waals surface area contributed by atoms with E-state index in [-0.39, 0.29) is 5.82 Å². The summed E-state index contributed by atoms with van der Waals surface area (Å²) in [5, 5.41) is 2.95. The molecule has 0 radical (unpaired) electrons. The zero-order valence-electron chi connectivity index (χ0n) is 8.33. The summed E-state index contributed by atoms with van der Waals surface area (Å²) in [6.45, 7) is 0.759. The first-order valence-corrected chi connectivity index (χ1v) is 6.30. The van der Waals surface area contributed by atoms with Gasteiger partial charge in [-0.05, 0) is 24.3 Å². The molecule has 0 heterocycles. The Labute approximate surface area is 88.6 Å². The van der Waals surface area contributed by atoms with E-state index in [1.807, 2.05) is 0 Å². The third-order valence-electron chi connectivity index (χ3n) is 1.66. The summed E-state index contributed by atoms with van der Waals surface area (Å²) in [5.41, 5.74) is 0.756. The molecule has 0 aliphatic heterocycles. The zero-order chi connectivity index (χ0) is 11.3. The molecule has 1 rings (SSSR count). The Morgan fingerprint density at radius 3 is 2.33 bits per heavy atom. The Morgan fingerprint density at radius 2 is 1.80 bits per heavy atom. The maximum absolute atomic E-state index is 12.5. The lowest BCUT2D eigenvalue weighted by Gasteiger charge is -2.06. The molecular weight excluding hydrogens is 219 g/mol. The SMILES string of the molecule is CS(=O)(=O)NCCNc1ccc(F)cc1. The number of anilines is 1. The van der Waals surface area contributed by atoms with E-state index in [0.717, 1.165) is 11.9 Å². The molecule has 1 aromatic carbocycles. The highest BCUT2D eigenvalue weighted by atomic mass is 32.2. The van der Waals surface area contributed by atoms with E-state index in [1.165, 1.54) is 12.1 Å². The quantitative estimate of drug-likeness (QED) is 0.738. The van der Waals surface area contributed by atoms with Crippen molar-refractivity contribution in [1.29, 1.82) is 0 Å². The molecule has 0 saturated carbocycles. The van der Waals surface area contributed by atoms with Crippen molar-refractivity contribution in [1.82, 2.24) is 4.72 Å². The Kier molecular flexibility index (Phi) is 4.05. The summed E-state index contributed by atoms with van der Waals surface area (Å²) in [5.74, 6) is -0.296. The summed E-state index contributed by atoms with van der Waals surface area (Å²) in [4.78, 5) is 0. The fraction of sp³-hybridized carbons (Fsp3) is 0.333. The summed E-state index contributed by atoms with van der Waals surface area (Å²) < 4.78 is 36.2. The normalized spacial score (nSPS) is 11.3. The molecule has 6 heteroatoms. The van der Waals surface area contributed by atoms with Crippen LogP contribution in [-0.2, 0) is 10.0 Å². The second-order valence-electron chi connectivity index (χ2n) is 3.10. The number of hydrogen-bond acceptors (Lipinski definition) is 3. The van der Waals surface area contributed by atoms with E-state index in [0.29, 0.717) is 13.1 Å². The van der Waals surface area contributed by atoms with Gasteiger partial charge in [0.05, 0.1) is 6.26 Å². The van der Waals surface area contributed by atoms with Crippen molar-refractivity contribution >= 4 is 15.7 Å². The van der Waals surface area contributed by atoms with E-state index in [2.05, 4.69) is 10.0 Å². The summed E-state index contributed by atoms with van der Waals surface area (Å²) in [6.07, 6.45) is 1.10. The first kappa shape index (κ1) is 11.9. The van der Waals surface area contributed by atoms with E-state index in [1.54, 1.807) is 12.1 Å². The lowest BCUT2D eigenvalue weighted by atomic mass is 10.3. The van der Waals surface area contributed by atoms with Crippen LogP contribution in [0.3, 0.4) is 0 Å². The molecule has 0 bridgehead atoms. The number of rotatable bonds is 5. The average Bonchev–Trinajstić information content (AvgIpc) is 2.14. The molecule has 0 unspecified atom stereocenters. The second kappa shape index (κ2) is 5.09. The van der Waals surface area contributed by atoms with Crippen LogP contribution in [0.1, 0.15) is 0 Å². The molecule has 4 nitrogen and oxygen atoms in total. The molecule has 15 heavy (non-hydrogen) atoms. The van der Waals surface area contributed by atoms with Crippen molar-refractivity contribution < 1.29 is 12.8 Å². The topological polar surface area (TPSA) is 58.2 Å². The van der Waals surface area contributed by atoms with E-state index in [4.69, 9.17) is 0 Å². The Bertz CT molecular complexity index is 403. The molecule has 84 valence electrons. The molecule has 0 saturated heterocycles. The first-order valence-electron chi connectivity index (χ1n) is 4.41. The number of benzene rings is 1. The molecule has 2 N–H and O–H groups in total. The third-order valence-corrected chi connectivity index (χ3v) is 2.39. The highest BCUT2D eigenvalue weighted by Crippen LogP contribution is 2.06.